The van der Waals surface area contributed by atoms with Crippen LogP contribution in [0.4, 0.5) is 4.39 Å². The molecule has 0 fully saturated rings. The number of amides is 1. The van der Waals surface area contributed by atoms with Gasteiger partial charge in [0.2, 0.25) is 0 Å². The lowest BCUT2D eigenvalue weighted by Gasteiger charge is -2.15. The fraction of sp³-hybridized carbons (Fsp3) is 0.167. The second-order valence-corrected chi connectivity index (χ2v) is 6.43. The molecule has 7 heteroatoms. The monoisotopic (exact) mass is 361 g/mol. The Hall–Kier alpha value is -2.69. The van der Waals surface area contributed by atoms with Crippen molar-refractivity contribution in [3.8, 4) is 17.6 Å². The van der Waals surface area contributed by atoms with E-state index in [0.717, 1.165) is 12.1 Å². The lowest BCUT2D eigenvalue weighted by Crippen LogP contribution is -2.29. The molecule has 0 aliphatic carbocycles. The van der Waals surface area contributed by atoms with Gasteiger partial charge in [0.05, 0.1) is 10.8 Å². The van der Waals surface area contributed by atoms with Crippen molar-refractivity contribution in [3.05, 3.63) is 59.9 Å². The maximum atomic E-state index is 13.1. The lowest BCUT2D eigenvalue weighted by molar-refractivity contribution is -0.128. The zero-order valence-corrected chi connectivity index (χ0v) is 14.2. The predicted molar refractivity (Wildman–Crippen MR) is 90.9 cm³/mol. The molecule has 2 N–H and O–H groups in total. The third kappa shape index (κ3) is 4.89. The highest BCUT2D eigenvalue weighted by molar-refractivity contribution is 7.86. The first-order valence-corrected chi connectivity index (χ1v) is 8.50. The Morgan fingerprint density at radius 3 is 2.44 bits per heavy atom. The van der Waals surface area contributed by atoms with Crippen LogP contribution in [0.3, 0.4) is 0 Å². The zero-order chi connectivity index (χ0) is 18.2. The van der Waals surface area contributed by atoms with Crippen LogP contribution in [0, 0.1) is 17.7 Å². The summed E-state index contributed by atoms with van der Waals surface area (Å²) in [6.07, 6.45) is 0. The third-order valence-corrected chi connectivity index (χ3v) is 4.93. The van der Waals surface area contributed by atoms with E-state index in [1.807, 2.05) is 0 Å². The van der Waals surface area contributed by atoms with Crippen LogP contribution in [0.5, 0.6) is 5.75 Å². The van der Waals surface area contributed by atoms with Crippen LogP contribution < -0.4 is 10.2 Å². The summed E-state index contributed by atoms with van der Waals surface area (Å²) < 4.78 is 31.2. The molecule has 0 saturated carbocycles. The lowest BCUT2D eigenvalue weighted by atomic mass is 10.1. The Balaban J connectivity index is 2.25. The second-order valence-electron chi connectivity index (χ2n) is 4.89. The largest absolute Gasteiger partial charge is 0.481 e. The average molecular weight is 361 g/mol. The number of hydrogen-bond donors (Lipinski definition) is 2. The van der Waals surface area contributed by atoms with E-state index < -0.39 is 27.8 Å². The molecule has 0 spiro atoms. The van der Waals surface area contributed by atoms with Crippen LogP contribution >= 0.6 is 0 Å². The first-order valence-electron chi connectivity index (χ1n) is 7.29. The van der Waals surface area contributed by atoms with Gasteiger partial charge in [-0.2, -0.15) is 0 Å². The molecular weight excluding hydrogens is 345 g/mol. The van der Waals surface area contributed by atoms with Gasteiger partial charge in [-0.05, 0) is 48.9 Å². The standard InChI is InChI=1S/C18H16FNO4S/c1-2-3-12-24-15-8-10-16(11-9-15)25(23)17(18(21)20-22)13-4-6-14(19)7-5-13/h4-11,17,22H,12H2,1H3,(H,20,21). The Labute approximate surface area is 147 Å². The Bertz CT molecular complexity index is 810. The van der Waals surface area contributed by atoms with E-state index in [4.69, 9.17) is 9.94 Å². The molecule has 2 aromatic rings. The molecule has 0 aromatic heterocycles. The van der Waals surface area contributed by atoms with Crippen LogP contribution in [0.2, 0.25) is 0 Å². The number of carbonyl (C=O) groups is 1. The van der Waals surface area contributed by atoms with Crippen LogP contribution in [0.1, 0.15) is 17.7 Å². The molecule has 2 rings (SSSR count). The van der Waals surface area contributed by atoms with Gasteiger partial charge < -0.3 is 4.74 Å². The van der Waals surface area contributed by atoms with E-state index >= 15 is 0 Å². The quantitative estimate of drug-likeness (QED) is 0.471. The van der Waals surface area contributed by atoms with Crippen LogP contribution in [-0.2, 0) is 15.6 Å². The van der Waals surface area contributed by atoms with Gasteiger partial charge in [-0.15, -0.1) is 5.92 Å². The van der Waals surface area contributed by atoms with E-state index in [-0.39, 0.29) is 6.61 Å². The van der Waals surface area contributed by atoms with Crippen molar-refractivity contribution in [3.63, 3.8) is 0 Å². The molecule has 1 amide bonds. The molecule has 0 aliphatic rings. The van der Waals surface area contributed by atoms with E-state index in [1.165, 1.54) is 17.6 Å². The average Bonchev–Trinajstić information content (AvgIpc) is 2.64. The third-order valence-electron chi connectivity index (χ3n) is 3.28. The molecule has 0 radical (unpaired) electrons. The van der Waals surface area contributed by atoms with Gasteiger partial charge in [-0.25, -0.2) is 9.87 Å². The minimum Gasteiger partial charge on any atom is -0.481 e. The highest BCUT2D eigenvalue weighted by Gasteiger charge is 2.28. The summed E-state index contributed by atoms with van der Waals surface area (Å²) in [6.45, 7) is 1.95. The fourth-order valence-electron chi connectivity index (χ4n) is 2.07. The number of rotatable bonds is 6. The summed E-state index contributed by atoms with van der Waals surface area (Å²) >= 11 is 0. The predicted octanol–water partition coefficient (Wildman–Crippen LogP) is 2.58. The van der Waals surface area contributed by atoms with Crippen LogP contribution in [0.25, 0.3) is 0 Å². The summed E-state index contributed by atoms with van der Waals surface area (Å²) in [5.74, 6) is 4.69. The van der Waals surface area contributed by atoms with Gasteiger partial charge in [0.1, 0.15) is 23.4 Å². The number of carbonyl (C=O) groups excluding carboxylic acids is 1. The topological polar surface area (TPSA) is 75.6 Å². The number of ether oxygens (including phenoxy) is 1. The molecule has 25 heavy (non-hydrogen) atoms. The van der Waals surface area contributed by atoms with E-state index in [0.29, 0.717) is 16.2 Å². The highest BCUT2D eigenvalue weighted by Crippen LogP contribution is 2.27. The summed E-state index contributed by atoms with van der Waals surface area (Å²) in [7, 11) is -1.80. The van der Waals surface area contributed by atoms with Crippen molar-refractivity contribution in [1.29, 1.82) is 0 Å². The smallest absolute Gasteiger partial charge is 0.263 e. The number of hydroxylamine groups is 1. The molecule has 0 heterocycles. The summed E-state index contributed by atoms with van der Waals surface area (Å²) in [6, 6.07) is 11.4. The second kappa shape index (κ2) is 8.97. The molecular formula is C18H16FNO4S. The number of hydrogen-bond acceptors (Lipinski definition) is 4. The van der Waals surface area contributed by atoms with E-state index in [1.54, 1.807) is 31.2 Å². The van der Waals surface area contributed by atoms with Gasteiger partial charge in [-0.3, -0.25) is 14.2 Å². The first kappa shape index (κ1) is 18.6. The Morgan fingerprint density at radius 1 is 1.24 bits per heavy atom. The minimum atomic E-state index is -1.80. The van der Waals surface area contributed by atoms with Crippen molar-refractivity contribution in [2.24, 2.45) is 0 Å². The minimum absolute atomic E-state index is 0.240. The molecule has 2 aromatic carbocycles. The molecule has 0 saturated heterocycles. The number of halogens is 1. The molecule has 130 valence electrons. The van der Waals surface area contributed by atoms with E-state index in [2.05, 4.69) is 11.8 Å². The molecule has 0 aliphatic heterocycles. The van der Waals surface area contributed by atoms with Gasteiger partial charge >= 0.3 is 0 Å². The van der Waals surface area contributed by atoms with Gasteiger partial charge in [0.25, 0.3) is 5.91 Å². The fourth-order valence-corrected chi connectivity index (χ4v) is 3.39. The van der Waals surface area contributed by atoms with Crippen molar-refractivity contribution < 1.29 is 23.3 Å². The van der Waals surface area contributed by atoms with Crippen molar-refractivity contribution in [1.82, 2.24) is 5.48 Å². The molecule has 0 bridgehead atoms. The number of nitrogens with one attached hydrogen (secondary N) is 1. The van der Waals surface area contributed by atoms with Crippen LogP contribution in [0.15, 0.2) is 53.4 Å². The normalized spacial score (nSPS) is 12.4. The molecule has 5 nitrogen and oxygen atoms in total. The molecule has 2 atom stereocenters. The zero-order valence-electron chi connectivity index (χ0n) is 13.4. The van der Waals surface area contributed by atoms with Crippen molar-refractivity contribution >= 4 is 16.7 Å². The van der Waals surface area contributed by atoms with E-state index in [9.17, 15) is 13.4 Å². The summed E-state index contributed by atoms with van der Waals surface area (Å²) in [5.41, 5.74) is 1.83. The first-order chi connectivity index (χ1) is 12.1. The van der Waals surface area contributed by atoms with Crippen molar-refractivity contribution in [2.45, 2.75) is 17.1 Å². The Morgan fingerprint density at radius 2 is 1.88 bits per heavy atom. The van der Waals surface area contributed by atoms with Gasteiger partial charge in [0, 0.05) is 4.90 Å². The number of benzene rings is 2. The summed E-state index contributed by atoms with van der Waals surface area (Å²) in [4.78, 5) is 12.3. The van der Waals surface area contributed by atoms with Crippen molar-refractivity contribution in [2.75, 3.05) is 6.61 Å². The SMILES string of the molecule is CC#CCOc1ccc(S(=O)C(C(=O)NO)c2ccc(F)cc2)cc1. The summed E-state index contributed by atoms with van der Waals surface area (Å²) in [5, 5.41) is 7.76. The molecule has 2 unspecified atom stereocenters. The van der Waals surface area contributed by atoms with Gasteiger partial charge in [-0.1, -0.05) is 18.1 Å². The van der Waals surface area contributed by atoms with Crippen LogP contribution in [-0.4, -0.2) is 21.9 Å². The maximum absolute atomic E-state index is 13.1. The maximum Gasteiger partial charge on any atom is 0.263 e. The highest BCUT2D eigenvalue weighted by atomic mass is 32.2. The van der Waals surface area contributed by atoms with Gasteiger partial charge in [0.15, 0.2) is 0 Å². The Kier molecular flexibility index (Phi) is 6.69.